The van der Waals surface area contributed by atoms with Crippen molar-refractivity contribution in [3.05, 3.63) is 119 Å². The fraction of sp³-hybridized carbons (Fsp3) is 0.0741. The molecule has 0 fully saturated rings. The first-order chi connectivity index (χ1) is 15.1. The van der Waals surface area contributed by atoms with Crippen molar-refractivity contribution in [3.8, 4) is 22.3 Å². The van der Waals surface area contributed by atoms with Gasteiger partial charge >= 0.3 is 0 Å². The van der Waals surface area contributed by atoms with Crippen LogP contribution in [-0.4, -0.2) is 4.32 Å². The first-order valence-electron chi connectivity index (χ1n) is 10.3. The van der Waals surface area contributed by atoms with Crippen LogP contribution in [0.2, 0.25) is 0 Å². The number of nitrogens with two attached hydrogens (primary N) is 1. The molecular formula is C27H22N2S2. The molecule has 0 aromatic heterocycles. The lowest BCUT2D eigenvalue weighted by Gasteiger charge is -2.15. The van der Waals surface area contributed by atoms with Gasteiger partial charge in [-0.05, 0) is 44.5 Å². The highest BCUT2D eigenvalue weighted by Gasteiger charge is 2.27. The fourth-order valence-electron chi connectivity index (χ4n) is 4.63. The summed E-state index contributed by atoms with van der Waals surface area (Å²) in [6.45, 7) is 0. The van der Waals surface area contributed by atoms with E-state index in [9.17, 15) is 0 Å². The molecule has 0 bridgehead atoms. The summed E-state index contributed by atoms with van der Waals surface area (Å²) < 4.78 is 0.529. The molecule has 152 valence electrons. The Kier molecular flexibility index (Phi) is 5.36. The molecule has 0 radical (unpaired) electrons. The minimum absolute atomic E-state index is 0.0578. The molecule has 2 aliphatic rings. The van der Waals surface area contributed by atoms with Gasteiger partial charge in [-0.3, -0.25) is 0 Å². The topological polar surface area (TPSA) is 38.0 Å². The van der Waals surface area contributed by atoms with Crippen LogP contribution in [0.5, 0.6) is 0 Å². The second-order valence-corrected chi connectivity index (χ2v) is 8.87. The zero-order valence-electron chi connectivity index (χ0n) is 16.8. The van der Waals surface area contributed by atoms with Gasteiger partial charge in [0.25, 0.3) is 0 Å². The summed E-state index contributed by atoms with van der Waals surface area (Å²) in [7, 11) is 0. The van der Waals surface area contributed by atoms with Gasteiger partial charge in [-0.2, -0.15) is 0 Å². The SMILES string of the molecule is NC1c2ccccc2-c2ccccc21.S=C(S)NC1c2ccccc2-c2ccccc21. The number of benzene rings is 4. The van der Waals surface area contributed by atoms with Crippen molar-refractivity contribution >= 4 is 29.2 Å². The van der Waals surface area contributed by atoms with Crippen LogP contribution in [0.3, 0.4) is 0 Å². The number of nitrogens with one attached hydrogen (secondary N) is 1. The third kappa shape index (κ3) is 3.57. The average molecular weight is 439 g/mol. The Labute approximate surface area is 193 Å². The molecule has 31 heavy (non-hydrogen) atoms. The normalized spacial score (nSPS) is 13.4. The fourth-order valence-corrected chi connectivity index (χ4v) is 4.88. The molecule has 3 N–H and O–H groups in total. The van der Waals surface area contributed by atoms with Crippen molar-refractivity contribution in [2.75, 3.05) is 0 Å². The molecule has 0 aliphatic heterocycles. The monoisotopic (exact) mass is 438 g/mol. The van der Waals surface area contributed by atoms with E-state index >= 15 is 0 Å². The second kappa shape index (κ2) is 8.31. The van der Waals surface area contributed by atoms with Gasteiger partial charge in [0, 0.05) is 0 Å². The van der Waals surface area contributed by atoms with E-state index in [0.29, 0.717) is 4.32 Å². The molecule has 0 saturated carbocycles. The maximum atomic E-state index is 6.16. The van der Waals surface area contributed by atoms with E-state index < -0.39 is 0 Å². The molecule has 0 heterocycles. The lowest BCUT2D eigenvalue weighted by molar-refractivity contribution is 0.799. The van der Waals surface area contributed by atoms with Gasteiger partial charge in [0.2, 0.25) is 0 Å². The van der Waals surface area contributed by atoms with Gasteiger partial charge in [0.1, 0.15) is 4.32 Å². The number of hydrogen-bond donors (Lipinski definition) is 3. The summed E-state index contributed by atoms with van der Waals surface area (Å²) in [6, 6.07) is 33.7. The molecule has 6 rings (SSSR count). The standard InChI is InChI=1S/C14H11NS2.C13H11N/c16-14(17)15-13-11-7-3-1-5-9(11)10-6-2-4-8-12(10)13;14-13-11-7-3-1-5-9(11)10-6-2-4-8-12(10)13/h1-8,13H,(H2,15,16,17);1-8,13H,14H2. The Hall–Kier alpha value is -2.92. The van der Waals surface area contributed by atoms with Crippen LogP contribution in [0, 0.1) is 0 Å². The van der Waals surface area contributed by atoms with Crippen LogP contribution < -0.4 is 11.1 Å². The maximum absolute atomic E-state index is 6.16. The van der Waals surface area contributed by atoms with Gasteiger partial charge in [-0.1, -0.05) is 109 Å². The predicted octanol–water partition coefficient (Wildman–Crippen LogP) is 6.28. The van der Waals surface area contributed by atoms with E-state index in [1.807, 2.05) is 12.1 Å². The van der Waals surface area contributed by atoms with Crippen LogP contribution in [0.15, 0.2) is 97.1 Å². The van der Waals surface area contributed by atoms with Crippen LogP contribution in [0.25, 0.3) is 22.3 Å². The number of fused-ring (bicyclic) bond motifs is 6. The Balaban J connectivity index is 0.000000134. The largest absolute Gasteiger partial charge is 0.360 e. The Morgan fingerprint density at radius 1 is 0.613 bits per heavy atom. The molecule has 0 saturated heterocycles. The van der Waals surface area contributed by atoms with Gasteiger partial charge in [-0.25, -0.2) is 0 Å². The first kappa shape index (κ1) is 20.0. The van der Waals surface area contributed by atoms with Crippen LogP contribution in [0.1, 0.15) is 34.3 Å². The molecular weight excluding hydrogens is 416 g/mol. The predicted molar refractivity (Wildman–Crippen MR) is 136 cm³/mol. The summed E-state index contributed by atoms with van der Waals surface area (Å²) in [5, 5.41) is 3.25. The summed E-state index contributed by atoms with van der Waals surface area (Å²) >= 11 is 9.22. The van der Waals surface area contributed by atoms with Crippen molar-refractivity contribution in [2.24, 2.45) is 5.73 Å². The minimum Gasteiger partial charge on any atom is -0.360 e. The van der Waals surface area contributed by atoms with E-state index in [2.05, 4.69) is 103 Å². The van der Waals surface area contributed by atoms with Crippen LogP contribution >= 0.6 is 24.8 Å². The van der Waals surface area contributed by atoms with Crippen molar-refractivity contribution in [3.63, 3.8) is 0 Å². The zero-order valence-corrected chi connectivity index (χ0v) is 18.5. The summed E-state index contributed by atoms with van der Waals surface area (Å²) in [6.07, 6.45) is 0. The molecule has 4 aromatic rings. The number of rotatable bonds is 1. The minimum atomic E-state index is 0.0578. The smallest absolute Gasteiger partial charge is 0.131 e. The van der Waals surface area contributed by atoms with Gasteiger partial charge in [0.15, 0.2) is 0 Å². The molecule has 4 aromatic carbocycles. The molecule has 0 atom stereocenters. The molecule has 4 heteroatoms. The van der Waals surface area contributed by atoms with Crippen molar-refractivity contribution < 1.29 is 0 Å². The Bertz CT molecular complexity index is 1190. The summed E-state index contributed by atoms with van der Waals surface area (Å²) in [4.78, 5) is 0. The Morgan fingerprint density at radius 2 is 0.935 bits per heavy atom. The third-order valence-corrected chi connectivity index (χ3v) is 6.23. The Morgan fingerprint density at radius 3 is 1.32 bits per heavy atom. The van der Waals surface area contributed by atoms with Gasteiger partial charge < -0.3 is 11.1 Å². The van der Waals surface area contributed by atoms with Crippen LogP contribution in [-0.2, 0) is 0 Å². The molecule has 0 amide bonds. The van der Waals surface area contributed by atoms with E-state index in [1.165, 1.54) is 44.5 Å². The highest BCUT2D eigenvalue weighted by Crippen LogP contribution is 2.43. The number of thiocarbonyl (C=S) groups is 1. The van der Waals surface area contributed by atoms with Gasteiger partial charge in [0.05, 0.1) is 12.1 Å². The van der Waals surface area contributed by atoms with Crippen LogP contribution in [0.4, 0.5) is 0 Å². The molecule has 0 unspecified atom stereocenters. The van der Waals surface area contributed by atoms with Crippen molar-refractivity contribution in [1.29, 1.82) is 0 Å². The average Bonchev–Trinajstić information content (AvgIpc) is 3.28. The second-order valence-electron chi connectivity index (χ2n) is 7.71. The van der Waals surface area contributed by atoms with E-state index in [4.69, 9.17) is 18.0 Å². The molecule has 2 nitrogen and oxygen atoms in total. The molecule has 2 aliphatic carbocycles. The zero-order chi connectivity index (χ0) is 21.4. The third-order valence-electron chi connectivity index (χ3n) is 5.98. The van der Waals surface area contributed by atoms with E-state index in [0.717, 1.165) is 0 Å². The highest BCUT2D eigenvalue weighted by molar-refractivity contribution is 8.11. The van der Waals surface area contributed by atoms with Gasteiger partial charge in [-0.15, -0.1) is 12.6 Å². The first-order valence-corrected chi connectivity index (χ1v) is 11.1. The summed E-state index contributed by atoms with van der Waals surface area (Å²) in [5.74, 6) is 0. The summed E-state index contributed by atoms with van der Waals surface area (Å²) in [5.41, 5.74) is 16.3. The molecule has 0 spiro atoms. The van der Waals surface area contributed by atoms with E-state index in [1.54, 1.807) is 0 Å². The lowest BCUT2D eigenvalue weighted by Crippen LogP contribution is -2.22. The number of thiol groups is 1. The van der Waals surface area contributed by atoms with E-state index in [-0.39, 0.29) is 12.1 Å². The quantitative estimate of drug-likeness (QED) is 0.242. The van der Waals surface area contributed by atoms with Crippen molar-refractivity contribution in [2.45, 2.75) is 12.1 Å². The van der Waals surface area contributed by atoms with Crippen molar-refractivity contribution in [1.82, 2.24) is 5.32 Å². The maximum Gasteiger partial charge on any atom is 0.131 e. The number of hydrogen-bond acceptors (Lipinski definition) is 2. The lowest BCUT2D eigenvalue weighted by atomic mass is 10.1. The highest BCUT2D eigenvalue weighted by atomic mass is 32.1.